The average Bonchev–Trinajstić information content (AvgIpc) is 2.37. The average molecular weight is 253 g/mol. The summed E-state index contributed by atoms with van der Waals surface area (Å²) in [6, 6.07) is 1.60. The van der Waals surface area contributed by atoms with Crippen LogP contribution in [0.4, 0.5) is 0 Å². The molecular formula is C17H35N. The summed E-state index contributed by atoms with van der Waals surface area (Å²) in [7, 11) is 0. The van der Waals surface area contributed by atoms with E-state index in [1.54, 1.807) is 0 Å². The van der Waals surface area contributed by atoms with Gasteiger partial charge in [-0.1, -0.05) is 71.1 Å². The normalized spacial score (nSPS) is 24.3. The molecule has 1 aliphatic heterocycles. The van der Waals surface area contributed by atoms with E-state index < -0.39 is 0 Å². The van der Waals surface area contributed by atoms with Gasteiger partial charge in [-0.3, -0.25) is 0 Å². The number of rotatable bonds is 10. The van der Waals surface area contributed by atoms with Crippen LogP contribution in [0.15, 0.2) is 0 Å². The van der Waals surface area contributed by atoms with Gasteiger partial charge in [-0.15, -0.1) is 0 Å². The molecule has 1 heterocycles. The van der Waals surface area contributed by atoms with Gasteiger partial charge < -0.3 is 5.32 Å². The number of hydrogen-bond acceptors (Lipinski definition) is 1. The first kappa shape index (κ1) is 16.0. The van der Waals surface area contributed by atoms with Crippen LogP contribution in [0.2, 0.25) is 0 Å². The van der Waals surface area contributed by atoms with Crippen LogP contribution in [0.1, 0.15) is 97.3 Å². The summed E-state index contributed by atoms with van der Waals surface area (Å²) < 4.78 is 0. The van der Waals surface area contributed by atoms with E-state index in [1.165, 1.54) is 83.5 Å². The zero-order valence-corrected chi connectivity index (χ0v) is 12.8. The zero-order chi connectivity index (χ0) is 13.1. The van der Waals surface area contributed by atoms with E-state index in [4.69, 9.17) is 0 Å². The van der Waals surface area contributed by atoms with E-state index >= 15 is 0 Å². The van der Waals surface area contributed by atoms with Gasteiger partial charge in [-0.25, -0.2) is 0 Å². The fourth-order valence-electron chi connectivity index (χ4n) is 3.17. The summed E-state index contributed by atoms with van der Waals surface area (Å²) in [4.78, 5) is 0. The summed E-state index contributed by atoms with van der Waals surface area (Å²) in [5.74, 6) is 0. The van der Waals surface area contributed by atoms with Crippen molar-refractivity contribution in [3.8, 4) is 0 Å². The van der Waals surface area contributed by atoms with Gasteiger partial charge in [-0.05, 0) is 26.2 Å². The van der Waals surface area contributed by atoms with Crippen molar-refractivity contribution in [3.05, 3.63) is 0 Å². The molecule has 0 saturated carbocycles. The van der Waals surface area contributed by atoms with Crippen molar-refractivity contribution >= 4 is 0 Å². The lowest BCUT2D eigenvalue weighted by molar-refractivity contribution is 0.314. The fourth-order valence-corrected chi connectivity index (χ4v) is 3.17. The second-order valence-corrected chi connectivity index (χ2v) is 6.31. The van der Waals surface area contributed by atoms with E-state index in [-0.39, 0.29) is 0 Å². The molecule has 1 fully saturated rings. The van der Waals surface area contributed by atoms with Gasteiger partial charge in [0.25, 0.3) is 0 Å². The lowest BCUT2D eigenvalue weighted by Crippen LogP contribution is -2.40. The van der Waals surface area contributed by atoms with Crippen LogP contribution in [0.25, 0.3) is 0 Å². The molecule has 0 spiro atoms. The molecule has 18 heavy (non-hydrogen) atoms. The van der Waals surface area contributed by atoms with Crippen molar-refractivity contribution in [1.82, 2.24) is 5.32 Å². The number of nitrogens with one attached hydrogen (secondary N) is 1. The van der Waals surface area contributed by atoms with Gasteiger partial charge >= 0.3 is 0 Å². The van der Waals surface area contributed by atoms with E-state index in [2.05, 4.69) is 19.2 Å². The molecule has 0 bridgehead atoms. The van der Waals surface area contributed by atoms with Gasteiger partial charge in [0.2, 0.25) is 0 Å². The molecule has 0 aliphatic carbocycles. The lowest BCUT2D eigenvalue weighted by atomic mass is 9.95. The van der Waals surface area contributed by atoms with E-state index in [1.807, 2.05) is 0 Å². The smallest absolute Gasteiger partial charge is 0.00695 e. The van der Waals surface area contributed by atoms with E-state index in [9.17, 15) is 0 Å². The minimum atomic E-state index is 0.766. The fraction of sp³-hybridized carbons (Fsp3) is 1.00. The monoisotopic (exact) mass is 253 g/mol. The molecule has 0 aromatic heterocycles. The van der Waals surface area contributed by atoms with Crippen LogP contribution in [0.3, 0.4) is 0 Å². The zero-order valence-electron chi connectivity index (χ0n) is 12.8. The maximum Gasteiger partial charge on any atom is 0.00695 e. The van der Waals surface area contributed by atoms with Gasteiger partial charge in [-0.2, -0.15) is 0 Å². The van der Waals surface area contributed by atoms with Crippen LogP contribution in [-0.2, 0) is 0 Å². The third-order valence-corrected chi connectivity index (χ3v) is 4.37. The van der Waals surface area contributed by atoms with Crippen molar-refractivity contribution in [1.29, 1.82) is 0 Å². The number of piperidine rings is 1. The molecule has 1 saturated heterocycles. The summed E-state index contributed by atoms with van der Waals surface area (Å²) >= 11 is 0. The topological polar surface area (TPSA) is 12.0 Å². The highest BCUT2D eigenvalue weighted by molar-refractivity contribution is 4.77. The second kappa shape index (κ2) is 10.8. The molecule has 108 valence electrons. The molecular weight excluding hydrogens is 218 g/mol. The SMILES string of the molecule is CCCCCCCCCCC[C@@H]1CCC[C@H](C)N1. The Balaban J connectivity index is 1.80. The number of unbranched alkanes of at least 4 members (excludes halogenated alkanes) is 8. The van der Waals surface area contributed by atoms with E-state index in [0.717, 1.165) is 12.1 Å². The van der Waals surface area contributed by atoms with Crippen molar-refractivity contribution in [2.75, 3.05) is 0 Å². The Hall–Kier alpha value is -0.0400. The second-order valence-electron chi connectivity index (χ2n) is 6.31. The predicted molar refractivity (Wildman–Crippen MR) is 82.1 cm³/mol. The first-order valence-corrected chi connectivity index (χ1v) is 8.59. The largest absolute Gasteiger partial charge is 0.312 e. The third kappa shape index (κ3) is 8.13. The van der Waals surface area contributed by atoms with E-state index in [0.29, 0.717) is 0 Å². The molecule has 1 nitrogen and oxygen atoms in total. The third-order valence-electron chi connectivity index (χ3n) is 4.37. The van der Waals surface area contributed by atoms with Gasteiger partial charge in [0, 0.05) is 12.1 Å². The first-order valence-electron chi connectivity index (χ1n) is 8.59. The molecule has 0 radical (unpaired) electrons. The molecule has 0 aromatic rings. The van der Waals surface area contributed by atoms with Gasteiger partial charge in [0.15, 0.2) is 0 Å². The summed E-state index contributed by atoms with van der Waals surface area (Å²) in [6.07, 6.45) is 18.7. The summed E-state index contributed by atoms with van der Waals surface area (Å²) in [6.45, 7) is 4.63. The highest BCUT2D eigenvalue weighted by Gasteiger charge is 2.16. The van der Waals surface area contributed by atoms with Crippen LogP contribution in [-0.4, -0.2) is 12.1 Å². The Labute approximate surface area is 115 Å². The quantitative estimate of drug-likeness (QED) is 0.511. The predicted octanol–water partition coefficient (Wildman–Crippen LogP) is 5.44. The van der Waals surface area contributed by atoms with Crippen LogP contribution in [0, 0.1) is 0 Å². The molecule has 2 atom stereocenters. The molecule has 0 unspecified atom stereocenters. The highest BCUT2D eigenvalue weighted by atomic mass is 15.0. The Morgan fingerprint density at radius 3 is 2.06 bits per heavy atom. The summed E-state index contributed by atoms with van der Waals surface area (Å²) in [5.41, 5.74) is 0. The Bertz CT molecular complexity index is 178. The van der Waals surface area contributed by atoms with Crippen molar-refractivity contribution in [2.24, 2.45) is 0 Å². The summed E-state index contributed by atoms with van der Waals surface area (Å²) in [5, 5.41) is 3.74. The Kier molecular flexibility index (Phi) is 9.65. The van der Waals surface area contributed by atoms with Gasteiger partial charge in [0.1, 0.15) is 0 Å². The van der Waals surface area contributed by atoms with Crippen molar-refractivity contribution in [3.63, 3.8) is 0 Å². The molecule has 1 heteroatoms. The Morgan fingerprint density at radius 1 is 0.833 bits per heavy atom. The van der Waals surface area contributed by atoms with Crippen LogP contribution >= 0.6 is 0 Å². The maximum atomic E-state index is 3.74. The maximum absolute atomic E-state index is 3.74. The van der Waals surface area contributed by atoms with Gasteiger partial charge in [0.05, 0.1) is 0 Å². The minimum absolute atomic E-state index is 0.766. The van der Waals surface area contributed by atoms with Crippen molar-refractivity contribution < 1.29 is 0 Å². The molecule has 1 N–H and O–H groups in total. The molecule has 1 rings (SSSR count). The number of hydrogen-bond donors (Lipinski definition) is 1. The highest BCUT2D eigenvalue weighted by Crippen LogP contribution is 2.18. The molecule has 1 aliphatic rings. The lowest BCUT2D eigenvalue weighted by Gasteiger charge is -2.28. The standard InChI is InChI=1S/C17H35N/c1-3-4-5-6-7-8-9-10-11-14-17-15-12-13-16(2)18-17/h16-18H,3-15H2,1-2H3/t16-,17+/m0/s1. The molecule has 0 aromatic carbocycles. The van der Waals surface area contributed by atoms with Crippen molar-refractivity contribution in [2.45, 2.75) is 109 Å². The molecule has 0 amide bonds. The first-order chi connectivity index (χ1) is 8.83. The van der Waals surface area contributed by atoms with Crippen LogP contribution < -0.4 is 5.32 Å². The van der Waals surface area contributed by atoms with Crippen LogP contribution in [0.5, 0.6) is 0 Å². The minimum Gasteiger partial charge on any atom is -0.312 e. The Morgan fingerprint density at radius 2 is 1.44 bits per heavy atom.